The molecule has 15 heavy (non-hydrogen) atoms. The normalized spacial score (nSPS) is 12.9. The summed E-state index contributed by atoms with van der Waals surface area (Å²) >= 11 is 5.33. The molecular formula is C7H5ClF3NO2S. The largest absolute Gasteiger partial charge is 0.433 e. The number of hydrogen-bond acceptors (Lipinski definition) is 3. The molecule has 0 amide bonds. The highest BCUT2D eigenvalue weighted by Crippen LogP contribution is 2.30. The lowest BCUT2D eigenvalue weighted by atomic mass is 10.3. The van der Waals surface area contributed by atoms with Gasteiger partial charge in [-0.25, -0.2) is 13.4 Å². The van der Waals surface area contributed by atoms with Crippen LogP contribution in [0.5, 0.6) is 0 Å². The Labute approximate surface area is 88.8 Å². The topological polar surface area (TPSA) is 47.0 Å². The molecule has 0 atom stereocenters. The standard InChI is InChI=1S/C7H5ClF3NO2S/c1-15(13,14)4-2-3-5(7(9,10)11)12-6(4)8/h2-3H,1H3. The number of pyridine rings is 1. The van der Waals surface area contributed by atoms with Crippen molar-refractivity contribution in [2.75, 3.05) is 6.26 Å². The van der Waals surface area contributed by atoms with Crippen LogP contribution in [0, 0.1) is 0 Å². The molecule has 8 heteroatoms. The van der Waals surface area contributed by atoms with Gasteiger partial charge in [-0.15, -0.1) is 0 Å². The Hall–Kier alpha value is -0.820. The van der Waals surface area contributed by atoms with E-state index in [1.807, 2.05) is 0 Å². The molecule has 84 valence electrons. The SMILES string of the molecule is CS(=O)(=O)c1ccc(C(F)(F)F)nc1Cl. The second kappa shape index (κ2) is 3.64. The molecule has 0 aromatic carbocycles. The van der Waals surface area contributed by atoms with Crippen molar-refractivity contribution in [2.24, 2.45) is 0 Å². The average Bonchev–Trinajstić information content (AvgIpc) is 1.99. The summed E-state index contributed by atoms with van der Waals surface area (Å²) in [7, 11) is -3.66. The summed E-state index contributed by atoms with van der Waals surface area (Å²) in [5.41, 5.74) is -1.22. The number of sulfone groups is 1. The van der Waals surface area contributed by atoms with Gasteiger partial charge >= 0.3 is 6.18 Å². The lowest BCUT2D eigenvalue weighted by molar-refractivity contribution is -0.141. The fraction of sp³-hybridized carbons (Fsp3) is 0.286. The molecular weight excluding hydrogens is 255 g/mol. The van der Waals surface area contributed by atoms with Gasteiger partial charge in [-0.1, -0.05) is 11.6 Å². The van der Waals surface area contributed by atoms with Crippen LogP contribution < -0.4 is 0 Å². The smallest absolute Gasteiger partial charge is 0.230 e. The number of hydrogen-bond donors (Lipinski definition) is 0. The molecule has 0 saturated heterocycles. The summed E-state index contributed by atoms with van der Waals surface area (Å²) in [5.74, 6) is 0. The Balaban J connectivity index is 3.34. The predicted molar refractivity (Wildman–Crippen MR) is 47.4 cm³/mol. The fourth-order valence-corrected chi connectivity index (χ4v) is 2.10. The third-order valence-electron chi connectivity index (χ3n) is 1.50. The molecule has 0 unspecified atom stereocenters. The molecule has 0 radical (unpaired) electrons. The molecule has 0 saturated carbocycles. The van der Waals surface area contributed by atoms with Crippen molar-refractivity contribution in [1.82, 2.24) is 4.98 Å². The molecule has 1 rings (SSSR count). The highest BCUT2D eigenvalue weighted by Gasteiger charge is 2.33. The van der Waals surface area contributed by atoms with E-state index in [9.17, 15) is 21.6 Å². The minimum absolute atomic E-state index is 0.419. The van der Waals surface area contributed by atoms with Gasteiger partial charge < -0.3 is 0 Å². The molecule has 1 aromatic rings. The van der Waals surface area contributed by atoms with Crippen LogP contribution in [0.1, 0.15) is 5.69 Å². The second-order valence-corrected chi connectivity index (χ2v) is 5.10. The van der Waals surface area contributed by atoms with Gasteiger partial charge in [0.25, 0.3) is 0 Å². The second-order valence-electron chi connectivity index (χ2n) is 2.76. The van der Waals surface area contributed by atoms with Gasteiger partial charge in [0.05, 0.1) is 0 Å². The van der Waals surface area contributed by atoms with Crippen LogP contribution in [0.2, 0.25) is 5.15 Å². The molecule has 0 N–H and O–H groups in total. The summed E-state index contributed by atoms with van der Waals surface area (Å²) in [4.78, 5) is 2.55. The quantitative estimate of drug-likeness (QED) is 0.726. The van der Waals surface area contributed by atoms with Gasteiger partial charge in [0.15, 0.2) is 9.84 Å². The first-order chi connectivity index (χ1) is 6.62. The maximum absolute atomic E-state index is 12.1. The Morgan fingerprint density at radius 3 is 2.20 bits per heavy atom. The fourth-order valence-electron chi connectivity index (χ4n) is 0.856. The van der Waals surface area contributed by atoms with Crippen molar-refractivity contribution >= 4 is 21.4 Å². The van der Waals surface area contributed by atoms with Crippen molar-refractivity contribution in [1.29, 1.82) is 0 Å². The lowest BCUT2D eigenvalue weighted by Crippen LogP contribution is -2.09. The zero-order chi connectivity index (χ0) is 11.9. The Kier molecular flexibility index (Phi) is 2.97. The number of rotatable bonds is 1. The summed E-state index contributed by atoms with van der Waals surface area (Å²) in [6, 6.07) is 1.36. The molecule has 0 spiro atoms. The maximum atomic E-state index is 12.1. The summed E-state index contributed by atoms with van der Waals surface area (Å²) < 4.78 is 58.4. The molecule has 0 aliphatic heterocycles. The zero-order valence-corrected chi connectivity index (χ0v) is 8.91. The molecule has 0 aliphatic carbocycles. The van der Waals surface area contributed by atoms with Gasteiger partial charge in [-0.2, -0.15) is 13.2 Å². The van der Waals surface area contributed by atoms with Crippen molar-refractivity contribution in [3.05, 3.63) is 23.0 Å². The van der Waals surface area contributed by atoms with E-state index in [0.29, 0.717) is 6.07 Å². The Morgan fingerprint density at radius 2 is 1.87 bits per heavy atom. The Morgan fingerprint density at radius 1 is 1.33 bits per heavy atom. The highest BCUT2D eigenvalue weighted by molar-refractivity contribution is 7.90. The van der Waals surface area contributed by atoms with Gasteiger partial charge in [0.2, 0.25) is 0 Å². The van der Waals surface area contributed by atoms with E-state index < -0.39 is 31.8 Å². The van der Waals surface area contributed by atoms with Gasteiger partial charge in [-0.3, -0.25) is 0 Å². The molecule has 3 nitrogen and oxygen atoms in total. The molecule has 0 fully saturated rings. The lowest BCUT2D eigenvalue weighted by Gasteiger charge is -2.07. The van der Waals surface area contributed by atoms with Crippen molar-refractivity contribution in [3.63, 3.8) is 0 Å². The van der Waals surface area contributed by atoms with E-state index in [-0.39, 0.29) is 0 Å². The number of halogens is 4. The van der Waals surface area contributed by atoms with Crippen molar-refractivity contribution in [2.45, 2.75) is 11.1 Å². The van der Waals surface area contributed by atoms with E-state index in [4.69, 9.17) is 11.6 Å². The van der Waals surface area contributed by atoms with Crippen LogP contribution in [-0.4, -0.2) is 19.7 Å². The van der Waals surface area contributed by atoms with Crippen LogP contribution in [0.3, 0.4) is 0 Å². The van der Waals surface area contributed by atoms with E-state index >= 15 is 0 Å². The summed E-state index contributed by atoms with van der Waals surface area (Å²) in [5, 5.41) is -0.674. The summed E-state index contributed by atoms with van der Waals surface area (Å²) in [6.07, 6.45) is -3.80. The predicted octanol–water partition coefficient (Wildman–Crippen LogP) is 2.16. The average molecular weight is 260 g/mol. The number of alkyl halides is 3. The van der Waals surface area contributed by atoms with E-state index in [1.165, 1.54) is 0 Å². The Bertz CT molecular complexity index is 483. The van der Waals surface area contributed by atoms with Gasteiger partial charge in [0.1, 0.15) is 15.7 Å². The number of nitrogens with zero attached hydrogens (tertiary/aromatic N) is 1. The minimum atomic E-state index is -4.64. The van der Waals surface area contributed by atoms with E-state index in [1.54, 1.807) is 0 Å². The van der Waals surface area contributed by atoms with Crippen LogP contribution in [0.25, 0.3) is 0 Å². The zero-order valence-electron chi connectivity index (χ0n) is 7.34. The van der Waals surface area contributed by atoms with Gasteiger partial charge in [0, 0.05) is 6.26 Å². The maximum Gasteiger partial charge on any atom is 0.433 e. The van der Waals surface area contributed by atoms with Crippen LogP contribution in [0.15, 0.2) is 17.0 Å². The molecule has 1 heterocycles. The van der Waals surface area contributed by atoms with E-state index in [0.717, 1.165) is 12.3 Å². The monoisotopic (exact) mass is 259 g/mol. The van der Waals surface area contributed by atoms with E-state index in [2.05, 4.69) is 4.98 Å². The third-order valence-corrected chi connectivity index (χ3v) is 3.03. The molecule has 0 bridgehead atoms. The van der Waals surface area contributed by atoms with Crippen LogP contribution in [0.4, 0.5) is 13.2 Å². The summed E-state index contributed by atoms with van der Waals surface area (Å²) in [6.45, 7) is 0. The molecule has 1 aromatic heterocycles. The minimum Gasteiger partial charge on any atom is -0.230 e. The first kappa shape index (κ1) is 12.3. The van der Waals surface area contributed by atoms with Crippen molar-refractivity contribution < 1.29 is 21.6 Å². The van der Waals surface area contributed by atoms with Crippen LogP contribution >= 0.6 is 11.6 Å². The third kappa shape index (κ3) is 2.82. The van der Waals surface area contributed by atoms with Crippen LogP contribution in [-0.2, 0) is 16.0 Å². The van der Waals surface area contributed by atoms with Crippen molar-refractivity contribution in [3.8, 4) is 0 Å². The van der Waals surface area contributed by atoms with Gasteiger partial charge in [-0.05, 0) is 12.1 Å². The first-order valence-corrected chi connectivity index (χ1v) is 5.83. The first-order valence-electron chi connectivity index (χ1n) is 3.56. The highest BCUT2D eigenvalue weighted by atomic mass is 35.5. The molecule has 0 aliphatic rings. The number of aromatic nitrogens is 1.